The molecule has 21 heavy (non-hydrogen) atoms. The van der Waals surface area contributed by atoms with Gasteiger partial charge in [-0.15, -0.1) is 0 Å². The van der Waals surface area contributed by atoms with Crippen LogP contribution in [0.25, 0.3) is 5.69 Å². The topological polar surface area (TPSA) is 50.2 Å². The Labute approximate surface area is 124 Å². The zero-order valence-electron chi connectivity index (χ0n) is 12.2. The van der Waals surface area contributed by atoms with Crippen molar-refractivity contribution in [3.05, 3.63) is 48.3 Å². The number of carbonyl (C=O) groups is 1. The summed E-state index contributed by atoms with van der Waals surface area (Å²) in [5.41, 5.74) is 1.61. The van der Waals surface area contributed by atoms with Crippen LogP contribution < -0.4 is 5.32 Å². The highest BCUT2D eigenvalue weighted by atomic mass is 16.2. The summed E-state index contributed by atoms with van der Waals surface area (Å²) < 4.78 is 1.74. The van der Waals surface area contributed by atoms with E-state index in [1.54, 1.807) is 10.9 Å². The Morgan fingerprint density at radius 2 is 2.24 bits per heavy atom. The number of nitrogens with one attached hydrogen (secondary N) is 1. The zero-order chi connectivity index (χ0) is 14.7. The largest absolute Gasteiger partial charge is 0.335 e. The van der Waals surface area contributed by atoms with Crippen molar-refractivity contribution >= 4 is 5.91 Å². The maximum absolute atomic E-state index is 12.7. The maximum atomic E-state index is 12.7. The number of rotatable bonds is 4. The molecule has 2 aromatic rings. The van der Waals surface area contributed by atoms with Crippen molar-refractivity contribution in [2.45, 2.75) is 19.4 Å². The van der Waals surface area contributed by atoms with Gasteiger partial charge in [-0.2, -0.15) is 5.10 Å². The molecule has 3 rings (SSSR count). The first-order valence-corrected chi connectivity index (χ1v) is 7.41. The van der Waals surface area contributed by atoms with Crippen molar-refractivity contribution < 1.29 is 4.79 Å². The first kappa shape index (κ1) is 13.8. The molecular weight excluding hydrogens is 264 g/mol. The van der Waals surface area contributed by atoms with E-state index in [2.05, 4.69) is 10.4 Å². The summed E-state index contributed by atoms with van der Waals surface area (Å²) in [4.78, 5) is 14.6. The number of hydrogen-bond donors (Lipinski definition) is 1. The van der Waals surface area contributed by atoms with Crippen LogP contribution >= 0.6 is 0 Å². The molecule has 1 aliphatic heterocycles. The second-order valence-corrected chi connectivity index (χ2v) is 5.25. The van der Waals surface area contributed by atoms with Gasteiger partial charge in [-0.05, 0) is 32.0 Å². The molecule has 1 fully saturated rings. The van der Waals surface area contributed by atoms with Crippen LogP contribution in [0.3, 0.4) is 0 Å². The first-order chi connectivity index (χ1) is 10.3. The molecule has 1 unspecified atom stereocenters. The fourth-order valence-corrected chi connectivity index (χ4v) is 2.79. The van der Waals surface area contributed by atoms with Gasteiger partial charge in [-0.25, -0.2) is 4.68 Å². The third-order valence-corrected chi connectivity index (χ3v) is 3.93. The van der Waals surface area contributed by atoms with E-state index in [-0.39, 0.29) is 5.91 Å². The predicted octanol–water partition coefficient (Wildman–Crippen LogP) is 1.70. The van der Waals surface area contributed by atoms with Crippen molar-refractivity contribution in [1.29, 1.82) is 0 Å². The molecule has 0 aliphatic carbocycles. The number of aromatic nitrogens is 2. The van der Waals surface area contributed by atoms with Gasteiger partial charge in [0.1, 0.15) is 0 Å². The van der Waals surface area contributed by atoms with E-state index in [0.717, 1.165) is 31.7 Å². The second kappa shape index (κ2) is 6.10. The molecule has 5 heteroatoms. The van der Waals surface area contributed by atoms with Crippen molar-refractivity contribution in [3.63, 3.8) is 0 Å². The van der Waals surface area contributed by atoms with E-state index in [9.17, 15) is 4.79 Å². The molecule has 110 valence electrons. The lowest BCUT2D eigenvalue weighted by molar-refractivity contribution is 0.0704. The monoisotopic (exact) mass is 284 g/mol. The molecule has 1 aromatic carbocycles. The maximum Gasteiger partial charge on any atom is 0.257 e. The van der Waals surface area contributed by atoms with E-state index in [0.29, 0.717) is 11.6 Å². The van der Waals surface area contributed by atoms with Crippen molar-refractivity contribution in [2.75, 3.05) is 19.6 Å². The molecule has 5 nitrogen and oxygen atoms in total. The SMILES string of the molecule is CCN(C(=O)c1cnn(-c2ccccc2)c1)C1CCNC1. The lowest BCUT2D eigenvalue weighted by Gasteiger charge is -2.26. The molecule has 1 saturated heterocycles. The van der Waals surface area contributed by atoms with Crippen molar-refractivity contribution in [3.8, 4) is 5.69 Å². The molecule has 0 bridgehead atoms. The Kier molecular flexibility index (Phi) is 4.01. The Morgan fingerprint density at radius 3 is 2.90 bits per heavy atom. The lowest BCUT2D eigenvalue weighted by atomic mass is 10.2. The van der Waals surface area contributed by atoms with Gasteiger partial charge >= 0.3 is 0 Å². The fraction of sp³-hybridized carbons (Fsp3) is 0.375. The van der Waals surface area contributed by atoms with E-state index in [1.807, 2.05) is 48.4 Å². The third kappa shape index (κ3) is 2.83. The summed E-state index contributed by atoms with van der Waals surface area (Å²) >= 11 is 0. The van der Waals surface area contributed by atoms with E-state index < -0.39 is 0 Å². The minimum absolute atomic E-state index is 0.0633. The number of benzene rings is 1. The van der Waals surface area contributed by atoms with Crippen molar-refractivity contribution in [2.24, 2.45) is 0 Å². The average Bonchev–Trinajstić information content (AvgIpc) is 3.20. The third-order valence-electron chi connectivity index (χ3n) is 3.93. The molecule has 2 heterocycles. The Morgan fingerprint density at radius 1 is 1.43 bits per heavy atom. The average molecular weight is 284 g/mol. The number of carbonyl (C=O) groups excluding carboxylic acids is 1. The van der Waals surface area contributed by atoms with Gasteiger partial charge in [0.05, 0.1) is 17.4 Å². The normalized spacial score (nSPS) is 17.9. The number of nitrogens with zero attached hydrogens (tertiary/aromatic N) is 3. The number of para-hydroxylation sites is 1. The van der Waals surface area contributed by atoms with E-state index in [1.165, 1.54) is 0 Å². The van der Waals surface area contributed by atoms with Crippen LogP contribution in [0.4, 0.5) is 0 Å². The van der Waals surface area contributed by atoms with Crippen LogP contribution in [0.1, 0.15) is 23.7 Å². The molecule has 1 atom stereocenters. The van der Waals surface area contributed by atoms with Gasteiger partial charge in [-0.3, -0.25) is 4.79 Å². The fourth-order valence-electron chi connectivity index (χ4n) is 2.79. The van der Waals surface area contributed by atoms with Crippen LogP contribution in [0, 0.1) is 0 Å². The van der Waals surface area contributed by atoms with Crippen LogP contribution in [-0.2, 0) is 0 Å². The highest BCUT2D eigenvalue weighted by Gasteiger charge is 2.26. The molecule has 0 spiro atoms. The Hall–Kier alpha value is -2.14. The number of hydrogen-bond acceptors (Lipinski definition) is 3. The minimum atomic E-state index is 0.0633. The molecule has 1 amide bonds. The smallest absolute Gasteiger partial charge is 0.257 e. The van der Waals surface area contributed by atoms with Crippen LogP contribution in [0.5, 0.6) is 0 Å². The standard InChI is InChI=1S/C16H20N4O/c1-2-19(15-8-9-17-11-15)16(21)13-10-18-20(12-13)14-6-4-3-5-7-14/h3-7,10,12,15,17H,2,8-9,11H2,1H3. The Bertz CT molecular complexity index is 602. The molecule has 0 saturated carbocycles. The minimum Gasteiger partial charge on any atom is -0.335 e. The van der Waals surface area contributed by atoms with Crippen molar-refractivity contribution in [1.82, 2.24) is 20.0 Å². The van der Waals surface area contributed by atoms with Crippen LogP contribution in [0.2, 0.25) is 0 Å². The van der Waals surface area contributed by atoms with Gasteiger partial charge < -0.3 is 10.2 Å². The zero-order valence-corrected chi connectivity index (χ0v) is 12.2. The summed E-state index contributed by atoms with van der Waals surface area (Å²) in [6.07, 6.45) is 4.48. The Balaban J connectivity index is 1.80. The molecular formula is C16H20N4O. The predicted molar refractivity (Wildman–Crippen MR) is 81.5 cm³/mol. The summed E-state index contributed by atoms with van der Waals surface area (Å²) in [7, 11) is 0. The van der Waals surface area contributed by atoms with E-state index >= 15 is 0 Å². The molecule has 1 N–H and O–H groups in total. The van der Waals surface area contributed by atoms with Gasteiger partial charge in [0.15, 0.2) is 0 Å². The summed E-state index contributed by atoms with van der Waals surface area (Å²) in [5, 5.41) is 7.61. The summed E-state index contributed by atoms with van der Waals surface area (Å²) in [6.45, 7) is 4.61. The van der Waals surface area contributed by atoms with Gasteiger partial charge in [0, 0.05) is 25.3 Å². The summed E-state index contributed by atoms with van der Waals surface area (Å²) in [5.74, 6) is 0.0633. The summed E-state index contributed by atoms with van der Waals surface area (Å²) in [6, 6.07) is 10.1. The van der Waals surface area contributed by atoms with Gasteiger partial charge in [0.2, 0.25) is 0 Å². The second-order valence-electron chi connectivity index (χ2n) is 5.25. The van der Waals surface area contributed by atoms with E-state index in [4.69, 9.17) is 0 Å². The molecule has 0 radical (unpaired) electrons. The van der Waals surface area contributed by atoms with Crippen LogP contribution in [-0.4, -0.2) is 46.3 Å². The first-order valence-electron chi connectivity index (χ1n) is 7.41. The van der Waals surface area contributed by atoms with Gasteiger partial charge in [0.25, 0.3) is 5.91 Å². The molecule has 1 aliphatic rings. The van der Waals surface area contributed by atoms with Crippen LogP contribution in [0.15, 0.2) is 42.7 Å². The molecule has 1 aromatic heterocycles. The quantitative estimate of drug-likeness (QED) is 0.929. The van der Waals surface area contributed by atoms with Gasteiger partial charge in [-0.1, -0.05) is 18.2 Å². The lowest BCUT2D eigenvalue weighted by Crippen LogP contribution is -2.41. The number of amides is 1. The highest BCUT2D eigenvalue weighted by molar-refractivity contribution is 5.94. The number of likely N-dealkylation sites (N-methyl/N-ethyl adjacent to an activating group) is 1. The highest BCUT2D eigenvalue weighted by Crippen LogP contribution is 2.14.